The zero-order valence-electron chi connectivity index (χ0n) is 21.9. The first-order chi connectivity index (χ1) is 18.2. The first-order valence-corrected chi connectivity index (χ1v) is 12.7. The molecule has 4 unspecified atom stereocenters. The summed E-state index contributed by atoms with van der Waals surface area (Å²) in [6.45, 7) is 7.89. The fourth-order valence-corrected chi connectivity index (χ4v) is 4.91. The molecule has 4 aromatic rings. The highest BCUT2D eigenvalue weighted by molar-refractivity contribution is 6.33. The Balaban J connectivity index is 1.53. The molecule has 2 aromatic carbocycles. The SMILES string of the molecule is CC(Oc1ccc(N)c2c1C(=O)c1c(N)ccc(OC(C)C(C)n3cccc3)c1C2=O)C(C)n1cccc1. The highest BCUT2D eigenvalue weighted by Crippen LogP contribution is 2.42. The summed E-state index contributed by atoms with van der Waals surface area (Å²) >= 11 is 0. The molecule has 8 nitrogen and oxygen atoms in total. The van der Waals surface area contributed by atoms with Gasteiger partial charge >= 0.3 is 0 Å². The van der Waals surface area contributed by atoms with Gasteiger partial charge in [0, 0.05) is 36.2 Å². The third-order valence-electron chi connectivity index (χ3n) is 7.49. The van der Waals surface area contributed by atoms with Crippen LogP contribution >= 0.6 is 0 Å². The number of hydrogen-bond acceptors (Lipinski definition) is 6. The molecule has 0 aliphatic heterocycles. The third kappa shape index (κ3) is 4.22. The van der Waals surface area contributed by atoms with Crippen LogP contribution in [-0.2, 0) is 0 Å². The number of nitrogens with zero attached hydrogens (tertiary/aromatic N) is 2. The summed E-state index contributed by atoms with van der Waals surface area (Å²) in [6.07, 6.45) is 7.20. The molecule has 0 saturated heterocycles. The van der Waals surface area contributed by atoms with Crippen molar-refractivity contribution in [1.82, 2.24) is 9.13 Å². The van der Waals surface area contributed by atoms with Crippen LogP contribution in [-0.4, -0.2) is 32.9 Å². The number of aromatic nitrogens is 2. The number of anilines is 2. The Labute approximate surface area is 221 Å². The Hall–Kier alpha value is -4.46. The second-order valence-electron chi connectivity index (χ2n) is 9.85. The van der Waals surface area contributed by atoms with Crippen LogP contribution in [0, 0.1) is 0 Å². The summed E-state index contributed by atoms with van der Waals surface area (Å²) in [5.41, 5.74) is 13.4. The predicted molar refractivity (Wildman–Crippen MR) is 147 cm³/mol. The van der Waals surface area contributed by atoms with E-state index in [4.69, 9.17) is 20.9 Å². The van der Waals surface area contributed by atoms with E-state index in [1.54, 1.807) is 24.3 Å². The Morgan fingerprint density at radius 2 is 0.921 bits per heavy atom. The molecule has 0 saturated carbocycles. The summed E-state index contributed by atoms with van der Waals surface area (Å²) in [6, 6.07) is 14.2. The van der Waals surface area contributed by atoms with E-state index in [2.05, 4.69) is 0 Å². The van der Waals surface area contributed by atoms with Crippen LogP contribution in [0.3, 0.4) is 0 Å². The van der Waals surface area contributed by atoms with Crippen molar-refractivity contribution in [3.05, 3.63) is 95.6 Å². The molecule has 5 rings (SSSR count). The van der Waals surface area contributed by atoms with E-state index in [1.165, 1.54) is 0 Å². The summed E-state index contributed by atoms with van der Waals surface area (Å²) in [7, 11) is 0. The number of nitrogens with two attached hydrogens (primary N) is 2. The lowest BCUT2D eigenvalue weighted by Gasteiger charge is -2.29. The van der Waals surface area contributed by atoms with Crippen LogP contribution in [0.2, 0.25) is 0 Å². The molecule has 0 fully saturated rings. The highest BCUT2D eigenvalue weighted by Gasteiger charge is 2.39. The van der Waals surface area contributed by atoms with Crippen molar-refractivity contribution in [3.63, 3.8) is 0 Å². The van der Waals surface area contributed by atoms with Crippen molar-refractivity contribution >= 4 is 22.9 Å². The van der Waals surface area contributed by atoms with Gasteiger partial charge in [0.25, 0.3) is 0 Å². The number of carbonyl (C=O) groups excluding carboxylic acids is 2. The van der Waals surface area contributed by atoms with Crippen molar-refractivity contribution < 1.29 is 19.1 Å². The standard InChI is InChI=1S/C30H32N4O4/c1-17(33-13-5-6-14-33)19(3)37-23-11-9-21(31)25-27(23)29(35)26-22(32)10-12-24(28(26)30(25)36)38-20(4)18(2)34-15-7-8-16-34/h5-20H,31-32H2,1-4H3. The summed E-state index contributed by atoms with van der Waals surface area (Å²) in [5, 5.41) is 0. The number of rotatable bonds is 8. The molecule has 196 valence electrons. The van der Waals surface area contributed by atoms with Crippen LogP contribution in [0.5, 0.6) is 11.5 Å². The van der Waals surface area contributed by atoms with Gasteiger partial charge < -0.3 is 30.1 Å². The summed E-state index contributed by atoms with van der Waals surface area (Å²) in [4.78, 5) is 27.9. The molecule has 0 amide bonds. The molecular formula is C30H32N4O4. The minimum absolute atomic E-state index is 0.0197. The van der Waals surface area contributed by atoms with E-state index in [9.17, 15) is 9.59 Å². The largest absolute Gasteiger partial charge is 0.488 e. The molecule has 2 heterocycles. The minimum Gasteiger partial charge on any atom is -0.488 e. The monoisotopic (exact) mass is 512 g/mol. The smallest absolute Gasteiger partial charge is 0.200 e. The predicted octanol–water partition coefficient (Wildman–Crippen LogP) is 5.29. The Bertz CT molecular complexity index is 1380. The molecule has 38 heavy (non-hydrogen) atoms. The zero-order valence-corrected chi connectivity index (χ0v) is 21.9. The second-order valence-corrected chi connectivity index (χ2v) is 9.85. The summed E-state index contributed by atoms with van der Waals surface area (Å²) < 4.78 is 16.6. The number of ketones is 2. The first kappa shape index (κ1) is 25.2. The van der Waals surface area contributed by atoms with Crippen LogP contribution in [0.1, 0.15) is 71.6 Å². The third-order valence-corrected chi connectivity index (χ3v) is 7.49. The van der Waals surface area contributed by atoms with Gasteiger partial charge in [-0.1, -0.05) is 0 Å². The quantitative estimate of drug-likeness (QED) is 0.273. The second kappa shape index (κ2) is 9.78. The number of hydrogen-bond donors (Lipinski definition) is 2. The van der Waals surface area contributed by atoms with Gasteiger partial charge in [0.2, 0.25) is 11.6 Å². The van der Waals surface area contributed by atoms with Gasteiger partial charge in [0.1, 0.15) is 23.7 Å². The lowest BCUT2D eigenvalue weighted by atomic mass is 9.81. The van der Waals surface area contributed by atoms with Crippen molar-refractivity contribution in [2.24, 2.45) is 0 Å². The van der Waals surface area contributed by atoms with Crippen LogP contribution < -0.4 is 20.9 Å². The average Bonchev–Trinajstić information content (AvgIpc) is 3.63. The molecule has 0 radical (unpaired) electrons. The van der Waals surface area contributed by atoms with Gasteiger partial charge in [0.05, 0.1) is 34.3 Å². The van der Waals surface area contributed by atoms with Crippen molar-refractivity contribution in [1.29, 1.82) is 0 Å². The van der Waals surface area contributed by atoms with Gasteiger partial charge in [-0.15, -0.1) is 0 Å². The molecule has 4 N–H and O–H groups in total. The van der Waals surface area contributed by atoms with E-state index in [0.29, 0.717) is 11.5 Å². The topological polar surface area (TPSA) is 114 Å². The van der Waals surface area contributed by atoms with Crippen molar-refractivity contribution in [3.8, 4) is 11.5 Å². The van der Waals surface area contributed by atoms with Gasteiger partial charge in [-0.3, -0.25) is 9.59 Å². The van der Waals surface area contributed by atoms with Crippen LogP contribution in [0.25, 0.3) is 0 Å². The molecule has 1 aliphatic carbocycles. The van der Waals surface area contributed by atoms with Crippen molar-refractivity contribution in [2.75, 3.05) is 11.5 Å². The average molecular weight is 513 g/mol. The van der Waals surface area contributed by atoms with Gasteiger partial charge in [-0.25, -0.2) is 0 Å². The van der Waals surface area contributed by atoms with E-state index in [-0.39, 0.29) is 57.9 Å². The maximum Gasteiger partial charge on any atom is 0.200 e. The first-order valence-electron chi connectivity index (χ1n) is 12.7. The fourth-order valence-electron chi connectivity index (χ4n) is 4.91. The van der Waals surface area contributed by atoms with Crippen LogP contribution in [0.4, 0.5) is 11.4 Å². The molecule has 0 bridgehead atoms. The molecule has 0 spiro atoms. The van der Waals surface area contributed by atoms with E-state index in [1.807, 2.05) is 85.9 Å². The molecular weight excluding hydrogens is 480 g/mol. The highest BCUT2D eigenvalue weighted by atomic mass is 16.5. The number of nitrogen functional groups attached to an aromatic ring is 2. The Morgan fingerprint density at radius 3 is 1.26 bits per heavy atom. The van der Waals surface area contributed by atoms with E-state index < -0.39 is 11.6 Å². The molecule has 1 aliphatic rings. The Morgan fingerprint density at radius 1 is 0.579 bits per heavy atom. The molecule has 8 heteroatoms. The van der Waals surface area contributed by atoms with Crippen molar-refractivity contribution in [2.45, 2.75) is 52.0 Å². The zero-order chi connectivity index (χ0) is 27.1. The normalized spacial score (nSPS) is 15.8. The minimum atomic E-state index is -0.410. The van der Waals surface area contributed by atoms with Gasteiger partial charge in [0.15, 0.2) is 0 Å². The molecule has 4 atom stereocenters. The Kier molecular flexibility index (Phi) is 6.48. The number of benzene rings is 2. The summed E-state index contributed by atoms with van der Waals surface area (Å²) in [5.74, 6) is -0.228. The fraction of sp³-hybridized carbons (Fsp3) is 0.267. The maximum absolute atomic E-state index is 14.0. The number of fused-ring (bicyclic) bond motifs is 2. The lowest BCUT2D eigenvalue weighted by Crippen LogP contribution is -2.29. The van der Waals surface area contributed by atoms with Gasteiger partial charge in [-0.05, 0) is 76.2 Å². The maximum atomic E-state index is 14.0. The van der Waals surface area contributed by atoms with E-state index in [0.717, 1.165) is 0 Å². The van der Waals surface area contributed by atoms with E-state index >= 15 is 0 Å². The number of carbonyl (C=O) groups is 2. The number of ether oxygens (including phenoxy) is 2. The van der Waals surface area contributed by atoms with Crippen LogP contribution in [0.15, 0.2) is 73.3 Å². The van der Waals surface area contributed by atoms with Gasteiger partial charge in [-0.2, -0.15) is 0 Å². The lowest BCUT2D eigenvalue weighted by molar-refractivity contribution is 0.0962. The molecule has 2 aromatic heterocycles.